The zero-order chi connectivity index (χ0) is 19.8. The van der Waals surface area contributed by atoms with Crippen LogP contribution in [-0.2, 0) is 17.9 Å². The van der Waals surface area contributed by atoms with Crippen LogP contribution in [0, 0.1) is 0 Å². The van der Waals surface area contributed by atoms with Crippen LogP contribution in [0.1, 0.15) is 17.5 Å². The molecular formula is C19H20BrCl2NO3S. The van der Waals surface area contributed by atoms with E-state index in [2.05, 4.69) is 21.2 Å². The van der Waals surface area contributed by atoms with Crippen molar-refractivity contribution < 1.29 is 14.6 Å². The Morgan fingerprint density at radius 3 is 2.70 bits per heavy atom. The van der Waals surface area contributed by atoms with Crippen molar-refractivity contribution in [1.29, 1.82) is 0 Å². The molecule has 2 aromatic rings. The van der Waals surface area contributed by atoms with E-state index >= 15 is 0 Å². The highest BCUT2D eigenvalue weighted by molar-refractivity contribution is 9.10. The highest BCUT2D eigenvalue weighted by atomic mass is 79.9. The van der Waals surface area contributed by atoms with Crippen LogP contribution >= 0.6 is 50.9 Å². The summed E-state index contributed by atoms with van der Waals surface area (Å²) in [6.45, 7) is 0.675. The number of carboxylic acids is 1. The predicted octanol–water partition coefficient (Wildman–Crippen LogP) is 5.63. The van der Waals surface area contributed by atoms with Crippen LogP contribution in [0.3, 0.4) is 0 Å². The molecule has 2 aromatic carbocycles. The Morgan fingerprint density at radius 1 is 1.26 bits per heavy atom. The lowest BCUT2D eigenvalue weighted by atomic mass is 10.1. The van der Waals surface area contributed by atoms with Crippen molar-refractivity contribution in [3.63, 3.8) is 0 Å². The molecule has 0 bridgehead atoms. The second kappa shape index (κ2) is 11.2. The van der Waals surface area contributed by atoms with Crippen LogP contribution < -0.4 is 10.1 Å². The van der Waals surface area contributed by atoms with Crippen molar-refractivity contribution in [2.75, 3.05) is 12.0 Å². The number of rotatable bonds is 10. The van der Waals surface area contributed by atoms with Gasteiger partial charge in [0.05, 0.1) is 0 Å². The molecule has 0 aliphatic carbocycles. The van der Waals surface area contributed by atoms with Gasteiger partial charge in [0.25, 0.3) is 0 Å². The maximum atomic E-state index is 11.4. The fourth-order valence-electron chi connectivity index (χ4n) is 2.40. The maximum absolute atomic E-state index is 11.4. The summed E-state index contributed by atoms with van der Waals surface area (Å²) < 4.78 is 6.83. The Labute approximate surface area is 181 Å². The normalized spacial score (nSPS) is 12.0. The van der Waals surface area contributed by atoms with Gasteiger partial charge in [0.1, 0.15) is 18.4 Å². The largest absolute Gasteiger partial charge is 0.489 e. The summed E-state index contributed by atoms with van der Waals surface area (Å²) in [4.78, 5) is 11.4. The van der Waals surface area contributed by atoms with Crippen molar-refractivity contribution in [2.24, 2.45) is 0 Å². The van der Waals surface area contributed by atoms with Crippen molar-refractivity contribution >= 4 is 56.9 Å². The van der Waals surface area contributed by atoms with Gasteiger partial charge in [-0.3, -0.25) is 4.79 Å². The number of hydrogen-bond donors (Lipinski definition) is 2. The van der Waals surface area contributed by atoms with Crippen molar-refractivity contribution in [3.8, 4) is 5.75 Å². The van der Waals surface area contributed by atoms with E-state index < -0.39 is 12.0 Å². The summed E-state index contributed by atoms with van der Waals surface area (Å²) >= 11 is 17.2. The first-order valence-corrected chi connectivity index (χ1v) is 11.1. The molecule has 0 aromatic heterocycles. The minimum absolute atomic E-state index is 0.291. The highest BCUT2D eigenvalue weighted by Gasteiger charge is 2.17. The van der Waals surface area contributed by atoms with Gasteiger partial charge in [-0.15, -0.1) is 0 Å². The quantitative estimate of drug-likeness (QED) is 0.450. The van der Waals surface area contributed by atoms with E-state index in [4.69, 9.17) is 27.9 Å². The van der Waals surface area contributed by atoms with Gasteiger partial charge in [0.2, 0.25) is 0 Å². The van der Waals surface area contributed by atoms with Crippen molar-refractivity contribution in [2.45, 2.75) is 25.6 Å². The summed E-state index contributed by atoms with van der Waals surface area (Å²) in [6.07, 6.45) is 2.52. The Bertz CT molecular complexity index is 792. The third-order valence-electron chi connectivity index (χ3n) is 3.87. The highest BCUT2D eigenvalue weighted by Crippen LogP contribution is 2.27. The van der Waals surface area contributed by atoms with Gasteiger partial charge in [-0.05, 0) is 48.8 Å². The Balaban J connectivity index is 2.08. The maximum Gasteiger partial charge on any atom is 0.320 e. The standard InChI is InChI=1S/C19H20BrCl2NO3S/c1-27-7-6-17(19(24)25)23-10-13-8-14(20)3-5-18(13)26-11-12-2-4-15(21)9-16(12)22/h2-5,8-9,17,23H,6-7,10-11H2,1H3,(H,24,25). The molecule has 0 aliphatic rings. The second-order valence-electron chi connectivity index (χ2n) is 5.83. The van der Waals surface area contributed by atoms with Crippen molar-refractivity contribution in [1.82, 2.24) is 5.32 Å². The molecule has 1 unspecified atom stereocenters. The smallest absolute Gasteiger partial charge is 0.320 e. The van der Waals surface area contributed by atoms with Gasteiger partial charge < -0.3 is 15.2 Å². The SMILES string of the molecule is CSCCC(NCc1cc(Br)ccc1OCc1ccc(Cl)cc1Cl)C(=O)O. The van der Waals surface area contributed by atoms with Gasteiger partial charge in [-0.2, -0.15) is 11.8 Å². The molecule has 0 amide bonds. The first-order valence-electron chi connectivity index (χ1n) is 8.21. The molecule has 8 heteroatoms. The van der Waals surface area contributed by atoms with Gasteiger partial charge in [0.15, 0.2) is 0 Å². The van der Waals surface area contributed by atoms with Crippen LogP contribution in [-0.4, -0.2) is 29.1 Å². The van der Waals surface area contributed by atoms with E-state index in [0.717, 1.165) is 21.4 Å². The van der Waals surface area contributed by atoms with Crippen LogP contribution in [0.15, 0.2) is 40.9 Å². The molecule has 146 valence electrons. The Morgan fingerprint density at radius 2 is 2.04 bits per heavy atom. The van der Waals surface area contributed by atoms with E-state index in [0.29, 0.717) is 35.4 Å². The minimum Gasteiger partial charge on any atom is -0.489 e. The van der Waals surface area contributed by atoms with E-state index in [-0.39, 0.29) is 0 Å². The molecule has 2 rings (SSSR count). The van der Waals surface area contributed by atoms with Gasteiger partial charge in [-0.1, -0.05) is 45.2 Å². The van der Waals surface area contributed by atoms with E-state index in [1.54, 1.807) is 23.9 Å². The lowest BCUT2D eigenvalue weighted by molar-refractivity contribution is -0.139. The summed E-state index contributed by atoms with van der Waals surface area (Å²) in [5.41, 5.74) is 1.69. The second-order valence-corrected chi connectivity index (χ2v) is 8.57. The number of carbonyl (C=O) groups is 1. The van der Waals surface area contributed by atoms with Crippen LogP contribution in [0.5, 0.6) is 5.75 Å². The average molecular weight is 493 g/mol. The summed E-state index contributed by atoms with van der Waals surface area (Å²) in [7, 11) is 0. The monoisotopic (exact) mass is 491 g/mol. The van der Waals surface area contributed by atoms with Crippen LogP contribution in [0.2, 0.25) is 10.0 Å². The summed E-state index contributed by atoms with van der Waals surface area (Å²) in [5, 5.41) is 13.6. The number of carboxylic acid groups (broad SMARTS) is 1. The van der Waals surface area contributed by atoms with E-state index in [1.807, 2.05) is 30.5 Å². The van der Waals surface area contributed by atoms with Gasteiger partial charge >= 0.3 is 5.97 Å². The molecule has 2 N–H and O–H groups in total. The zero-order valence-corrected chi connectivity index (χ0v) is 18.6. The number of nitrogens with one attached hydrogen (secondary N) is 1. The predicted molar refractivity (Wildman–Crippen MR) is 116 cm³/mol. The number of halogens is 3. The third-order valence-corrected chi connectivity index (χ3v) is 5.59. The number of benzene rings is 2. The molecule has 0 heterocycles. The Hall–Kier alpha value is -0.920. The van der Waals surface area contributed by atoms with Crippen LogP contribution in [0.25, 0.3) is 0 Å². The molecule has 4 nitrogen and oxygen atoms in total. The molecule has 0 saturated carbocycles. The first-order chi connectivity index (χ1) is 12.9. The van der Waals surface area contributed by atoms with Gasteiger partial charge in [-0.25, -0.2) is 0 Å². The average Bonchev–Trinajstić information content (AvgIpc) is 2.62. The topological polar surface area (TPSA) is 58.6 Å². The van der Waals surface area contributed by atoms with Crippen LogP contribution in [0.4, 0.5) is 0 Å². The molecule has 1 atom stereocenters. The number of ether oxygens (including phenoxy) is 1. The molecule has 0 saturated heterocycles. The Kier molecular flexibility index (Phi) is 9.26. The van der Waals surface area contributed by atoms with E-state index in [9.17, 15) is 9.90 Å². The zero-order valence-electron chi connectivity index (χ0n) is 14.7. The first kappa shape index (κ1) is 22.4. The molecule has 0 fully saturated rings. The lowest BCUT2D eigenvalue weighted by Gasteiger charge is -2.17. The summed E-state index contributed by atoms with van der Waals surface area (Å²) in [6, 6.07) is 10.3. The van der Waals surface area contributed by atoms with E-state index in [1.165, 1.54) is 0 Å². The fraction of sp³-hybridized carbons (Fsp3) is 0.316. The van der Waals surface area contributed by atoms with Crippen molar-refractivity contribution in [3.05, 3.63) is 62.0 Å². The minimum atomic E-state index is -0.852. The molecule has 27 heavy (non-hydrogen) atoms. The third kappa shape index (κ3) is 7.20. The number of hydrogen-bond acceptors (Lipinski definition) is 4. The van der Waals surface area contributed by atoms with Gasteiger partial charge in [0, 0.05) is 32.2 Å². The molecule has 0 spiro atoms. The number of aliphatic carboxylic acids is 1. The number of thioether (sulfide) groups is 1. The molecular weight excluding hydrogens is 473 g/mol. The molecule has 0 radical (unpaired) electrons. The summed E-state index contributed by atoms with van der Waals surface area (Å²) in [5.74, 6) is 0.598. The lowest BCUT2D eigenvalue weighted by Crippen LogP contribution is -2.36. The fourth-order valence-corrected chi connectivity index (χ4v) is 3.75. The molecule has 0 aliphatic heterocycles.